The number of rotatable bonds is 3. The smallest absolute Gasteiger partial charge is 0.125 e. The highest BCUT2D eigenvalue weighted by Crippen LogP contribution is 2.08. The molecule has 0 atom stereocenters. The van der Waals surface area contributed by atoms with Gasteiger partial charge in [-0.2, -0.15) is 0 Å². The summed E-state index contributed by atoms with van der Waals surface area (Å²) in [5.41, 5.74) is 1.81. The molecule has 1 aromatic heterocycles. The number of nitrogens with zero attached hydrogens (tertiary/aromatic N) is 2. The summed E-state index contributed by atoms with van der Waals surface area (Å²) in [7, 11) is 0. The van der Waals surface area contributed by atoms with Gasteiger partial charge >= 0.3 is 0 Å². The summed E-state index contributed by atoms with van der Waals surface area (Å²) < 4.78 is 0. The molecule has 0 amide bonds. The summed E-state index contributed by atoms with van der Waals surface area (Å²) in [6.45, 7) is 9.14. The lowest BCUT2D eigenvalue weighted by Crippen LogP contribution is -1.92. The monoisotopic (exact) mass is 172 g/mol. The van der Waals surface area contributed by atoms with Gasteiger partial charge in [0.2, 0.25) is 0 Å². The van der Waals surface area contributed by atoms with E-state index in [0.717, 1.165) is 17.1 Å². The molecule has 0 aliphatic carbocycles. The second-order valence-corrected chi connectivity index (χ2v) is 2.56. The van der Waals surface area contributed by atoms with E-state index >= 15 is 0 Å². The van der Waals surface area contributed by atoms with Crippen molar-refractivity contribution < 1.29 is 0 Å². The molecule has 1 heterocycles. The van der Waals surface area contributed by atoms with Crippen LogP contribution >= 0.6 is 0 Å². The molecule has 0 fully saturated rings. The van der Waals surface area contributed by atoms with E-state index in [9.17, 15) is 0 Å². The molecule has 0 aliphatic heterocycles. The van der Waals surface area contributed by atoms with Gasteiger partial charge in [0.15, 0.2) is 0 Å². The Bertz CT molecular complexity index is 351. The van der Waals surface area contributed by atoms with Gasteiger partial charge in [-0.1, -0.05) is 31.4 Å². The number of hydrogen-bond donors (Lipinski definition) is 0. The van der Waals surface area contributed by atoms with Crippen LogP contribution in [0, 0.1) is 6.92 Å². The van der Waals surface area contributed by atoms with Crippen LogP contribution < -0.4 is 0 Å². The molecule has 1 aromatic rings. The Morgan fingerprint density at radius 2 is 2.15 bits per heavy atom. The molecule has 0 radical (unpaired) electrons. The van der Waals surface area contributed by atoms with E-state index in [2.05, 4.69) is 23.1 Å². The SMILES string of the molecule is C=C/C=C\c1cnc(C)nc1C=C. The topological polar surface area (TPSA) is 25.8 Å². The molecule has 2 nitrogen and oxygen atoms in total. The van der Waals surface area contributed by atoms with Crippen LogP contribution in [0.2, 0.25) is 0 Å². The van der Waals surface area contributed by atoms with E-state index in [1.165, 1.54) is 0 Å². The van der Waals surface area contributed by atoms with E-state index in [4.69, 9.17) is 0 Å². The lowest BCUT2D eigenvalue weighted by Gasteiger charge is -1.99. The summed E-state index contributed by atoms with van der Waals surface area (Å²) in [6.07, 6.45) is 8.97. The average molecular weight is 172 g/mol. The molecule has 2 heteroatoms. The average Bonchev–Trinajstić information content (AvgIpc) is 2.16. The Balaban J connectivity index is 3.12. The van der Waals surface area contributed by atoms with Gasteiger partial charge in [-0.05, 0) is 13.0 Å². The second kappa shape index (κ2) is 4.36. The third kappa shape index (κ3) is 2.37. The molecular formula is C11H12N2. The van der Waals surface area contributed by atoms with Crippen LogP contribution in [0.25, 0.3) is 12.2 Å². The largest absolute Gasteiger partial charge is 0.241 e. The van der Waals surface area contributed by atoms with E-state index < -0.39 is 0 Å². The van der Waals surface area contributed by atoms with Crippen molar-refractivity contribution in [2.24, 2.45) is 0 Å². The summed E-state index contributed by atoms with van der Waals surface area (Å²) in [4.78, 5) is 8.33. The molecule has 13 heavy (non-hydrogen) atoms. The predicted octanol–water partition coefficient (Wildman–Crippen LogP) is 2.63. The zero-order valence-corrected chi connectivity index (χ0v) is 7.70. The molecular weight excluding hydrogens is 160 g/mol. The first-order valence-electron chi connectivity index (χ1n) is 4.03. The number of hydrogen-bond acceptors (Lipinski definition) is 2. The van der Waals surface area contributed by atoms with Crippen molar-refractivity contribution in [1.82, 2.24) is 9.97 Å². The maximum Gasteiger partial charge on any atom is 0.125 e. The Labute approximate surface area is 78.4 Å². The van der Waals surface area contributed by atoms with Crippen LogP contribution in [-0.4, -0.2) is 9.97 Å². The van der Waals surface area contributed by atoms with Crippen LogP contribution in [0.5, 0.6) is 0 Å². The van der Waals surface area contributed by atoms with Gasteiger partial charge < -0.3 is 0 Å². The quantitative estimate of drug-likeness (QED) is 0.655. The molecule has 0 bridgehead atoms. The zero-order valence-electron chi connectivity index (χ0n) is 7.70. The van der Waals surface area contributed by atoms with Crippen molar-refractivity contribution >= 4 is 12.2 Å². The lowest BCUT2D eigenvalue weighted by atomic mass is 10.2. The first-order valence-corrected chi connectivity index (χ1v) is 4.03. The fourth-order valence-electron chi connectivity index (χ4n) is 0.960. The standard InChI is InChI=1S/C11H12N2/c1-4-6-7-10-8-12-9(3)13-11(10)5-2/h4-8H,1-2H2,3H3/b7-6-. The molecule has 66 valence electrons. The Morgan fingerprint density at radius 1 is 1.38 bits per heavy atom. The summed E-state index contributed by atoms with van der Waals surface area (Å²) in [5.74, 6) is 0.755. The maximum absolute atomic E-state index is 4.23. The Hall–Kier alpha value is -1.70. The van der Waals surface area contributed by atoms with Crippen LogP contribution in [0.3, 0.4) is 0 Å². The normalized spacial score (nSPS) is 10.2. The van der Waals surface area contributed by atoms with Crippen LogP contribution in [0.15, 0.2) is 31.5 Å². The predicted molar refractivity (Wildman–Crippen MR) is 56.1 cm³/mol. The number of aromatic nitrogens is 2. The minimum Gasteiger partial charge on any atom is -0.241 e. The van der Waals surface area contributed by atoms with Crippen molar-refractivity contribution in [2.45, 2.75) is 6.92 Å². The molecule has 1 rings (SSSR count). The van der Waals surface area contributed by atoms with Gasteiger partial charge in [-0.3, -0.25) is 0 Å². The van der Waals surface area contributed by atoms with Gasteiger partial charge in [0.05, 0.1) is 5.69 Å². The molecule has 0 aliphatic rings. The first-order chi connectivity index (χ1) is 6.27. The molecule has 0 N–H and O–H groups in total. The van der Waals surface area contributed by atoms with Gasteiger partial charge in [-0.15, -0.1) is 0 Å². The summed E-state index contributed by atoms with van der Waals surface area (Å²) >= 11 is 0. The molecule has 0 unspecified atom stereocenters. The molecule has 0 aromatic carbocycles. The van der Waals surface area contributed by atoms with Crippen LogP contribution in [-0.2, 0) is 0 Å². The van der Waals surface area contributed by atoms with Crippen molar-refractivity contribution in [3.05, 3.63) is 48.6 Å². The van der Waals surface area contributed by atoms with E-state index in [0.29, 0.717) is 0 Å². The maximum atomic E-state index is 4.23. The lowest BCUT2D eigenvalue weighted by molar-refractivity contribution is 1.04. The van der Waals surface area contributed by atoms with Crippen LogP contribution in [0.4, 0.5) is 0 Å². The van der Waals surface area contributed by atoms with Crippen molar-refractivity contribution in [3.63, 3.8) is 0 Å². The minimum atomic E-state index is 0.755. The Kier molecular flexibility index (Phi) is 3.15. The van der Waals surface area contributed by atoms with Crippen molar-refractivity contribution in [3.8, 4) is 0 Å². The summed E-state index contributed by atoms with van der Waals surface area (Å²) in [6, 6.07) is 0. The molecule has 0 saturated heterocycles. The molecule has 0 spiro atoms. The van der Waals surface area contributed by atoms with Crippen molar-refractivity contribution in [2.75, 3.05) is 0 Å². The molecule has 0 saturated carbocycles. The highest BCUT2D eigenvalue weighted by Gasteiger charge is 1.97. The third-order valence-electron chi connectivity index (χ3n) is 1.57. The number of allylic oxidation sites excluding steroid dienone is 2. The highest BCUT2D eigenvalue weighted by molar-refractivity contribution is 5.61. The minimum absolute atomic E-state index is 0.755. The fourth-order valence-corrected chi connectivity index (χ4v) is 0.960. The van der Waals surface area contributed by atoms with Gasteiger partial charge in [0, 0.05) is 11.8 Å². The van der Waals surface area contributed by atoms with Gasteiger partial charge in [0.1, 0.15) is 5.82 Å². The van der Waals surface area contributed by atoms with Gasteiger partial charge in [0.25, 0.3) is 0 Å². The second-order valence-electron chi connectivity index (χ2n) is 2.56. The van der Waals surface area contributed by atoms with Gasteiger partial charge in [-0.25, -0.2) is 9.97 Å². The van der Waals surface area contributed by atoms with Crippen molar-refractivity contribution in [1.29, 1.82) is 0 Å². The van der Waals surface area contributed by atoms with E-state index in [1.54, 1.807) is 18.3 Å². The highest BCUT2D eigenvalue weighted by atomic mass is 14.9. The zero-order chi connectivity index (χ0) is 9.68. The third-order valence-corrected chi connectivity index (χ3v) is 1.57. The van der Waals surface area contributed by atoms with E-state index in [1.807, 2.05) is 19.1 Å². The fraction of sp³-hybridized carbons (Fsp3) is 0.0909. The number of aryl methyl sites for hydroxylation is 1. The Morgan fingerprint density at radius 3 is 2.77 bits per heavy atom. The first kappa shape index (κ1) is 9.39. The summed E-state index contributed by atoms with van der Waals surface area (Å²) in [5, 5.41) is 0. The van der Waals surface area contributed by atoms with Crippen LogP contribution in [0.1, 0.15) is 17.1 Å². The van der Waals surface area contributed by atoms with E-state index in [-0.39, 0.29) is 0 Å².